The number of H-pyrrole nitrogens is 2. The second-order valence-electron chi connectivity index (χ2n) is 17.8. The van der Waals surface area contributed by atoms with Gasteiger partial charge in [0.15, 0.2) is 0 Å². The predicted octanol–water partition coefficient (Wildman–Crippen LogP) is 10.4. The summed E-state index contributed by atoms with van der Waals surface area (Å²) < 4.78 is 6.14. The molecule has 3 heterocycles. The van der Waals surface area contributed by atoms with E-state index in [-0.39, 0.29) is 35.0 Å². The van der Waals surface area contributed by atoms with Gasteiger partial charge < -0.3 is 30.4 Å². The molecule has 6 rings (SSSR count). The van der Waals surface area contributed by atoms with Gasteiger partial charge in [0.1, 0.15) is 11.6 Å². The molecule has 0 bridgehead atoms. The van der Waals surface area contributed by atoms with Crippen molar-refractivity contribution in [2.45, 2.75) is 156 Å². The summed E-state index contributed by atoms with van der Waals surface area (Å²) in [7, 11) is 0. The van der Waals surface area contributed by atoms with Crippen molar-refractivity contribution in [3.8, 4) is 33.6 Å². The molecule has 7 unspecified atom stereocenters. The molecular weight excluding hydrogens is 697 g/mol. The fourth-order valence-corrected chi connectivity index (χ4v) is 8.49. The molecule has 9 nitrogen and oxygen atoms in total. The highest BCUT2D eigenvalue weighted by molar-refractivity contribution is 5.83. The van der Waals surface area contributed by atoms with E-state index in [1.807, 2.05) is 19.3 Å². The number of hydrogen-bond donors (Lipinski definition) is 5. The van der Waals surface area contributed by atoms with Crippen molar-refractivity contribution in [2.24, 2.45) is 10.8 Å². The third kappa shape index (κ3) is 9.06. The molecule has 1 saturated carbocycles. The highest BCUT2D eigenvalue weighted by Gasteiger charge is 2.53. The molecule has 9 heteroatoms. The second-order valence-corrected chi connectivity index (χ2v) is 17.8. The molecule has 2 fully saturated rings. The first-order valence-electron chi connectivity index (χ1n) is 21.1. The van der Waals surface area contributed by atoms with Crippen LogP contribution in [0.4, 0.5) is 0 Å². The van der Waals surface area contributed by atoms with Crippen molar-refractivity contribution in [3.05, 3.63) is 84.7 Å². The molecule has 4 aromatic rings. The van der Waals surface area contributed by atoms with Crippen LogP contribution in [-0.4, -0.2) is 54.8 Å². The number of nitrogens with one attached hydrogen (secondary N) is 4. The average molecular weight is 763 g/mol. The van der Waals surface area contributed by atoms with Crippen LogP contribution in [0.15, 0.2) is 73.1 Å². The normalized spacial score (nSPS) is 24.0. The summed E-state index contributed by atoms with van der Waals surface area (Å²) in [4.78, 5) is 30.2. The molecule has 1 saturated heterocycles. The van der Waals surface area contributed by atoms with E-state index < -0.39 is 11.5 Å². The van der Waals surface area contributed by atoms with Crippen LogP contribution in [0.1, 0.15) is 143 Å². The Morgan fingerprint density at radius 1 is 0.946 bits per heavy atom. The number of hydrogen-bond acceptors (Lipinski definition) is 6. The Hall–Kier alpha value is -4.05. The van der Waals surface area contributed by atoms with E-state index in [1.54, 1.807) is 0 Å². The van der Waals surface area contributed by atoms with E-state index in [0.717, 1.165) is 84.4 Å². The van der Waals surface area contributed by atoms with Gasteiger partial charge in [-0.3, -0.25) is 4.79 Å². The number of nitrogens with zero attached hydrogens (tertiary/aromatic N) is 2. The first-order chi connectivity index (χ1) is 26.7. The number of imidazole rings is 2. The number of benzene rings is 2. The van der Waals surface area contributed by atoms with Crippen molar-refractivity contribution < 1.29 is 14.6 Å². The highest BCUT2D eigenvalue weighted by Crippen LogP contribution is 2.47. The van der Waals surface area contributed by atoms with E-state index in [9.17, 15) is 9.90 Å². The number of epoxide rings is 1. The zero-order chi connectivity index (χ0) is 40.3. The number of aliphatic hydroxyl groups is 1. The number of aromatic amines is 2. The van der Waals surface area contributed by atoms with E-state index in [0.29, 0.717) is 24.8 Å². The highest BCUT2D eigenvalue weighted by atomic mass is 16.6. The number of aromatic nitrogens is 4. The molecule has 1 aliphatic heterocycles. The van der Waals surface area contributed by atoms with Crippen LogP contribution >= 0.6 is 0 Å². The van der Waals surface area contributed by atoms with Crippen LogP contribution in [0.3, 0.4) is 0 Å². The van der Waals surface area contributed by atoms with Crippen LogP contribution in [-0.2, 0) is 9.53 Å². The number of rotatable bonds is 17. The zero-order valence-electron chi connectivity index (χ0n) is 35.1. The summed E-state index contributed by atoms with van der Waals surface area (Å²) >= 11 is 0. The van der Waals surface area contributed by atoms with Crippen LogP contribution < -0.4 is 10.6 Å². The van der Waals surface area contributed by atoms with Crippen molar-refractivity contribution in [1.82, 2.24) is 30.6 Å². The quantitative estimate of drug-likeness (QED) is 0.0538. The molecule has 56 heavy (non-hydrogen) atoms. The number of aliphatic hydroxyl groups excluding tert-OH is 1. The van der Waals surface area contributed by atoms with Crippen LogP contribution in [0.5, 0.6) is 0 Å². The first-order valence-corrected chi connectivity index (χ1v) is 21.1. The van der Waals surface area contributed by atoms with Gasteiger partial charge in [-0.1, -0.05) is 121 Å². The van der Waals surface area contributed by atoms with Crippen molar-refractivity contribution >= 4 is 5.91 Å². The molecule has 1 amide bonds. The second kappa shape index (κ2) is 17.2. The smallest absolute Gasteiger partial charge is 0.229 e. The van der Waals surface area contributed by atoms with E-state index in [1.165, 1.54) is 12.0 Å². The summed E-state index contributed by atoms with van der Waals surface area (Å²) in [5, 5.41) is 17.8. The summed E-state index contributed by atoms with van der Waals surface area (Å²) in [6, 6.07) is 17.0. The minimum atomic E-state index is -0.792. The van der Waals surface area contributed by atoms with Gasteiger partial charge in [0, 0.05) is 6.04 Å². The Labute approximate surface area is 335 Å². The van der Waals surface area contributed by atoms with Gasteiger partial charge in [-0.05, 0) is 86.5 Å². The molecule has 5 N–H and O–H groups in total. The molecule has 2 aromatic carbocycles. The molecule has 302 valence electrons. The van der Waals surface area contributed by atoms with Crippen molar-refractivity contribution in [3.63, 3.8) is 0 Å². The number of carbonyl (C=O) groups excluding carboxylic acids is 1. The topological polar surface area (TPSA) is 131 Å². The monoisotopic (exact) mass is 763 g/mol. The lowest BCUT2D eigenvalue weighted by molar-refractivity contribution is -0.141. The Balaban J connectivity index is 1.06. The van der Waals surface area contributed by atoms with Crippen molar-refractivity contribution in [1.29, 1.82) is 0 Å². The maximum Gasteiger partial charge on any atom is 0.229 e. The van der Waals surface area contributed by atoms with E-state index in [4.69, 9.17) is 14.7 Å². The summed E-state index contributed by atoms with van der Waals surface area (Å²) in [6.07, 6.45) is 13.1. The largest absolute Gasteiger partial charge is 0.392 e. The molecule has 7 atom stereocenters. The molecule has 0 spiro atoms. The molecule has 2 aliphatic rings. The predicted molar refractivity (Wildman–Crippen MR) is 227 cm³/mol. The van der Waals surface area contributed by atoms with Crippen molar-refractivity contribution in [2.75, 3.05) is 0 Å². The molecule has 0 radical (unpaired) electrons. The molecule has 1 aliphatic carbocycles. The van der Waals surface area contributed by atoms with Gasteiger partial charge in [-0.25, -0.2) is 9.97 Å². The summed E-state index contributed by atoms with van der Waals surface area (Å²) in [6.45, 7) is 21.5. The van der Waals surface area contributed by atoms with Gasteiger partial charge in [0.2, 0.25) is 5.91 Å². The van der Waals surface area contributed by atoms with Gasteiger partial charge in [0.05, 0.1) is 59.1 Å². The van der Waals surface area contributed by atoms with Gasteiger partial charge in [-0.2, -0.15) is 0 Å². The summed E-state index contributed by atoms with van der Waals surface area (Å²) in [5.74, 6) is 1.54. The lowest BCUT2D eigenvalue weighted by Gasteiger charge is -2.39. The van der Waals surface area contributed by atoms with E-state index in [2.05, 4.69) is 124 Å². The Kier molecular flexibility index (Phi) is 12.8. The SMILES string of the molecule is C=C(CCC1(CC)OC1CCC)C(C)NC(CC)c1ncc(-c2ccc(-c3ccc(-c4cnc(C(NC(=O)C5(C)CCCCC5O)C(C)(C)C)[nH]4)cc3)cc2)[nH]1. The van der Waals surface area contributed by atoms with Crippen LogP contribution in [0.25, 0.3) is 33.6 Å². The Morgan fingerprint density at radius 3 is 2.05 bits per heavy atom. The molecule has 2 aromatic heterocycles. The minimum absolute atomic E-state index is 0.0565. The third-order valence-corrected chi connectivity index (χ3v) is 12.7. The first kappa shape index (κ1) is 41.6. The fraction of sp³-hybridized carbons (Fsp3) is 0.553. The maximum atomic E-state index is 13.6. The fourth-order valence-electron chi connectivity index (χ4n) is 8.49. The maximum absolute atomic E-state index is 13.6. The van der Waals surface area contributed by atoms with E-state index >= 15 is 0 Å². The summed E-state index contributed by atoms with van der Waals surface area (Å²) in [5.41, 5.74) is 6.42. The number of carbonyl (C=O) groups is 1. The van der Waals surface area contributed by atoms with Gasteiger partial charge >= 0.3 is 0 Å². The third-order valence-electron chi connectivity index (χ3n) is 12.7. The lowest BCUT2D eigenvalue weighted by Crippen LogP contribution is -2.51. The average Bonchev–Trinajstić information content (AvgIpc) is 3.48. The number of amides is 1. The van der Waals surface area contributed by atoms with Crippen LogP contribution in [0.2, 0.25) is 0 Å². The number of ether oxygens (including phenoxy) is 1. The lowest BCUT2D eigenvalue weighted by atomic mass is 9.72. The van der Waals surface area contributed by atoms with Gasteiger partial charge in [0.25, 0.3) is 0 Å². The zero-order valence-corrected chi connectivity index (χ0v) is 35.1. The van der Waals surface area contributed by atoms with Crippen LogP contribution in [0, 0.1) is 10.8 Å². The Bertz CT molecular complexity index is 1920. The Morgan fingerprint density at radius 2 is 1.52 bits per heavy atom. The molecular formula is C47H66N6O3. The van der Waals surface area contributed by atoms with Gasteiger partial charge in [-0.15, -0.1) is 0 Å². The minimum Gasteiger partial charge on any atom is -0.392 e. The standard InChI is InChI=1S/C47H66N6O3/c1-10-15-40-47(12-3,56-40)27-25-30(4)31(5)50-36(11-2)42-48-28-37(51-42)34-21-17-32(18-22-34)33-19-23-35(24-20-33)38-29-49-43(52-38)41(45(6,7)8)53-44(55)46(9)26-14-13-16-39(46)54/h17-24,28-29,31,36,39-41,50,54H,4,10-16,25-27H2,1-3,5-9H3,(H,48,51)(H,49,52)(H,53,55).